The van der Waals surface area contributed by atoms with Crippen LogP contribution in [0.15, 0.2) is 34.1 Å². The number of amides is 1. The summed E-state index contributed by atoms with van der Waals surface area (Å²) in [5.41, 5.74) is 8.12. The maximum Gasteiger partial charge on any atom is 0.237 e. The fourth-order valence-electron chi connectivity index (χ4n) is 1.48. The molecule has 0 aliphatic heterocycles. The standard InChI is InChI=1S/C13H15N3OS2/c1-8-3-4-10(14)7-11(8)16-12(17)9(2)19-13-15-5-6-18-13/h3-7,9H,14H2,1-2H3,(H,16,17). The van der Waals surface area contributed by atoms with Crippen LogP contribution in [-0.4, -0.2) is 16.1 Å². The van der Waals surface area contributed by atoms with Gasteiger partial charge in [-0.25, -0.2) is 4.98 Å². The molecule has 4 nitrogen and oxygen atoms in total. The molecule has 1 atom stereocenters. The summed E-state index contributed by atoms with van der Waals surface area (Å²) in [6, 6.07) is 5.48. The van der Waals surface area contributed by atoms with E-state index >= 15 is 0 Å². The largest absolute Gasteiger partial charge is 0.399 e. The number of benzene rings is 1. The molecule has 0 radical (unpaired) electrons. The third kappa shape index (κ3) is 3.71. The van der Waals surface area contributed by atoms with Crippen LogP contribution >= 0.6 is 23.1 Å². The lowest BCUT2D eigenvalue weighted by Crippen LogP contribution is -2.22. The van der Waals surface area contributed by atoms with Gasteiger partial charge in [0.05, 0.1) is 5.25 Å². The molecule has 6 heteroatoms. The lowest BCUT2D eigenvalue weighted by molar-refractivity contribution is -0.115. The fraction of sp³-hybridized carbons (Fsp3) is 0.231. The first-order chi connectivity index (χ1) is 9.06. The zero-order chi connectivity index (χ0) is 13.8. The molecule has 1 amide bonds. The van der Waals surface area contributed by atoms with Gasteiger partial charge in [-0.2, -0.15) is 0 Å². The Morgan fingerprint density at radius 1 is 1.53 bits per heavy atom. The van der Waals surface area contributed by atoms with E-state index in [1.54, 1.807) is 12.3 Å². The molecule has 1 unspecified atom stereocenters. The number of anilines is 2. The first kappa shape index (κ1) is 13.9. The number of hydrogen-bond acceptors (Lipinski definition) is 5. The van der Waals surface area contributed by atoms with Crippen LogP contribution in [0.5, 0.6) is 0 Å². The van der Waals surface area contributed by atoms with Gasteiger partial charge in [-0.15, -0.1) is 11.3 Å². The van der Waals surface area contributed by atoms with Gasteiger partial charge >= 0.3 is 0 Å². The van der Waals surface area contributed by atoms with Gasteiger partial charge < -0.3 is 11.1 Å². The third-order valence-corrected chi connectivity index (χ3v) is 4.59. The molecule has 2 rings (SSSR count). The minimum Gasteiger partial charge on any atom is -0.399 e. The molecular weight excluding hydrogens is 278 g/mol. The van der Waals surface area contributed by atoms with Gasteiger partial charge in [-0.3, -0.25) is 4.79 Å². The second-order valence-corrected chi connectivity index (χ2v) is 6.60. The molecule has 0 aliphatic rings. The van der Waals surface area contributed by atoms with Crippen LogP contribution in [0.25, 0.3) is 0 Å². The number of carbonyl (C=O) groups excluding carboxylic acids is 1. The maximum absolute atomic E-state index is 12.1. The van der Waals surface area contributed by atoms with Gasteiger partial charge in [0.2, 0.25) is 5.91 Å². The van der Waals surface area contributed by atoms with Crippen molar-refractivity contribution in [3.63, 3.8) is 0 Å². The summed E-state index contributed by atoms with van der Waals surface area (Å²) in [4.78, 5) is 16.3. The van der Waals surface area contributed by atoms with Gasteiger partial charge in [-0.05, 0) is 31.5 Å². The number of carbonyl (C=O) groups is 1. The second kappa shape index (κ2) is 6.08. The van der Waals surface area contributed by atoms with Crippen LogP contribution in [0.3, 0.4) is 0 Å². The highest BCUT2D eigenvalue weighted by Gasteiger charge is 2.16. The monoisotopic (exact) mass is 293 g/mol. The van der Waals surface area contributed by atoms with E-state index < -0.39 is 0 Å². The number of nitrogens with one attached hydrogen (secondary N) is 1. The molecule has 1 aromatic carbocycles. The Balaban J connectivity index is 2.02. The van der Waals surface area contributed by atoms with E-state index in [1.807, 2.05) is 31.4 Å². The van der Waals surface area contributed by atoms with Gasteiger partial charge in [0.15, 0.2) is 4.34 Å². The van der Waals surface area contributed by atoms with Crippen molar-refractivity contribution in [2.45, 2.75) is 23.4 Å². The molecule has 3 N–H and O–H groups in total. The number of aromatic nitrogens is 1. The van der Waals surface area contributed by atoms with Crippen LogP contribution in [0.1, 0.15) is 12.5 Å². The Morgan fingerprint density at radius 2 is 2.32 bits per heavy atom. The van der Waals surface area contributed by atoms with Gasteiger partial charge in [0, 0.05) is 23.0 Å². The summed E-state index contributed by atoms with van der Waals surface area (Å²) in [6.45, 7) is 3.80. The number of nitrogen functional groups attached to an aromatic ring is 1. The van der Waals surface area contributed by atoms with Crippen molar-refractivity contribution >= 4 is 40.4 Å². The molecule has 19 heavy (non-hydrogen) atoms. The maximum atomic E-state index is 12.1. The molecule has 0 fully saturated rings. The molecule has 0 spiro atoms. The SMILES string of the molecule is Cc1ccc(N)cc1NC(=O)C(C)Sc1nccs1. The fourth-order valence-corrected chi connectivity index (χ4v) is 3.25. The molecule has 0 aliphatic carbocycles. The first-order valence-electron chi connectivity index (χ1n) is 5.79. The topological polar surface area (TPSA) is 68.0 Å². The summed E-state index contributed by atoms with van der Waals surface area (Å²) < 4.78 is 0.895. The summed E-state index contributed by atoms with van der Waals surface area (Å²) in [6.07, 6.45) is 1.74. The summed E-state index contributed by atoms with van der Waals surface area (Å²) in [7, 11) is 0. The number of rotatable bonds is 4. The normalized spacial score (nSPS) is 12.1. The van der Waals surface area contributed by atoms with Crippen molar-refractivity contribution in [3.05, 3.63) is 35.3 Å². The van der Waals surface area contributed by atoms with Gasteiger partial charge in [0.25, 0.3) is 0 Å². The average molecular weight is 293 g/mol. The van der Waals surface area contributed by atoms with E-state index in [0.717, 1.165) is 15.6 Å². The first-order valence-corrected chi connectivity index (χ1v) is 7.55. The quantitative estimate of drug-likeness (QED) is 0.671. The molecule has 0 saturated carbocycles. The highest BCUT2D eigenvalue weighted by atomic mass is 32.2. The van der Waals surface area contributed by atoms with Gasteiger partial charge in [0.1, 0.15) is 0 Å². The Hall–Kier alpha value is -1.53. The molecule has 1 aromatic heterocycles. The molecule has 1 heterocycles. The lowest BCUT2D eigenvalue weighted by Gasteiger charge is -2.12. The average Bonchev–Trinajstić information content (AvgIpc) is 2.86. The van der Waals surface area contributed by atoms with Crippen LogP contribution < -0.4 is 11.1 Å². The van der Waals surface area contributed by atoms with Crippen molar-refractivity contribution < 1.29 is 4.79 Å². The lowest BCUT2D eigenvalue weighted by atomic mass is 10.2. The third-order valence-electron chi connectivity index (χ3n) is 2.58. The Kier molecular flexibility index (Phi) is 4.44. The van der Waals surface area contributed by atoms with Crippen LogP contribution in [-0.2, 0) is 4.79 Å². The van der Waals surface area contributed by atoms with Crippen molar-refractivity contribution in [2.24, 2.45) is 0 Å². The van der Waals surface area contributed by atoms with Gasteiger partial charge in [-0.1, -0.05) is 17.8 Å². The van der Waals surface area contributed by atoms with Crippen molar-refractivity contribution in [1.82, 2.24) is 4.98 Å². The number of thioether (sulfide) groups is 1. The van der Waals surface area contributed by atoms with E-state index in [2.05, 4.69) is 10.3 Å². The summed E-state index contributed by atoms with van der Waals surface area (Å²) in [5.74, 6) is -0.0473. The van der Waals surface area contributed by atoms with Crippen molar-refractivity contribution in [3.8, 4) is 0 Å². The smallest absolute Gasteiger partial charge is 0.237 e. The van der Waals surface area contributed by atoms with E-state index in [1.165, 1.54) is 23.1 Å². The van der Waals surface area contributed by atoms with E-state index in [9.17, 15) is 4.79 Å². The minimum atomic E-state index is -0.202. The van der Waals surface area contributed by atoms with E-state index in [-0.39, 0.29) is 11.2 Å². The Labute approximate surface area is 120 Å². The van der Waals surface area contributed by atoms with Crippen molar-refractivity contribution in [1.29, 1.82) is 0 Å². The van der Waals surface area contributed by atoms with Crippen LogP contribution in [0.4, 0.5) is 11.4 Å². The van der Waals surface area contributed by atoms with Crippen LogP contribution in [0, 0.1) is 6.92 Å². The second-order valence-electron chi connectivity index (χ2n) is 4.12. The van der Waals surface area contributed by atoms with Crippen molar-refractivity contribution in [2.75, 3.05) is 11.1 Å². The zero-order valence-corrected chi connectivity index (χ0v) is 12.3. The minimum absolute atomic E-state index is 0.0473. The predicted octanol–water partition coefficient (Wildman–Crippen LogP) is 3.15. The molecular formula is C13H15N3OS2. The predicted molar refractivity (Wildman–Crippen MR) is 81.7 cm³/mol. The number of aryl methyl sites for hydroxylation is 1. The van der Waals surface area contributed by atoms with Crippen LogP contribution in [0.2, 0.25) is 0 Å². The number of nitrogens with zero attached hydrogens (tertiary/aromatic N) is 1. The molecule has 0 bridgehead atoms. The number of hydrogen-bond donors (Lipinski definition) is 2. The molecule has 2 aromatic rings. The highest BCUT2D eigenvalue weighted by molar-refractivity contribution is 8.02. The molecule has 0 saturated heterocycles. The number of thiazole rings is 1. The Bertz CT molecular complexity index is 569. The molecule has 100 valence electrons. The van der Waals surface area contributed by atoms with E-state index in [4.69, 9.17) is 5.73 Å². The van der Waals surface area contributed by atoms with E-state index in [0.29, 0.717) is 5.69 Å². The summed E-state index contributed by atoms with van der Waals surface area (Å²) >= 11 is 2.98. The number of nitrogens with two attached hydrogens (primary N) is 1. The zero-order valence-electron chi connectivity index (χ0n) is 10.7. The Morgan fingerprint density at radius 3 is 3.00 bits per heavy atom. The summed E-state index contributed by atoms with van der Waals surface area (Å²) in [5, 5.41) is 4.60. The highest BCUT2D eigenvalue weighted by Crippen LogP contribution is 2.26.